The van der Waals surface area contributed by atoms with Gasteiger partial charge < -0.3 is 14.8 Å². The molecule has 1 N–H and O–H groups in total. The predicted molar refractivity (Wildman–Crippen MR) is 100 cm³/mol. The molecule has 26 heavy (non-hydrogen) atoms. The molecule has 0 fully saturated rings. The van der Waals surface area contributed by atoms with Crippen molar-refractivity contribution in [2.75, 3.05) is 12.4 Å². The minimum Gasteiger partial charge on any atom is -0.497 e. The highest BCUT2D eigenvalue weighted by molar-refractivity contribution is 7.18. The molecule has 1 atom stereocenters. The molecule has 0 saturated carbocycles. The minimum atomic E-state index is -0.986. The standard InChI is InChI=1S/C18H18ClNO5S/c1-11(18(23)20-12-4-3-5-13(10-12)24-2)25-17(22)9-6-14(21)15-7-8-16(19)26-15/h3-5,7-8,10-11H,6,9H2,1-2H3,(H,20,23)/t11-/m1/s1. The third-order valence-corrected chi connectivity index (χ3v) is 4.69. The lowest BCUT2D eigenvalue weighted by Gasteiger charge is -2.13. The Balaban J connectivity index is 1.80. The number of hydrogen-bond acceptors (Lipinski definition) is 6. The van der Waals surface area contributed by atoms with E-state index in [2.05, 4.69) is 5.32 Å². The number of benzene rings is 1. The maximum Gasteiger partial charge on any atom is 0.307 e. The first-order chi connectivity index (χ1) is 12.4. The van der Waals surface area contributed by atoms with Crippen molar-refractivity contribution < 1.29 is 23.9 Å². The summed E-state index contributed by atoms with van der Waals surface area (Å²) in [5, 5.41) is 2.64. The molecular weight excluding hydrogens is 378 g/mol. The van der Waals surface area contributed by atoms with E-state index in [-0.39, 0.29) is 18.6 Å². The third-order valence-electron chi connectivity index (χ3n) is 3.42. The number of halogens is 1. The summed E-state index contributed by atoms with van der Waals surface area (Å²) in [5.41, 5.74) is 0.530. The number of carbonyl (C=O) groups excluding carboxylic acids is 3. The van der Waals surface area contributed by atoms with E-state index in [1.165, 1.54) is 14.0 Å². The Hall–Kier alpha value is -2.38. The van der Waals surface area contributed by atoms with Gasteiger partial charge in [0.05, 0.1) is 22.7 Å². The number of nitrogens with one attached hydrogen (secondary N) is 1. The van der Waals surface area contributed by atoms with Crippen LogP contribution >= 0.6 is 22.9 Å². The van der Waals surface area contributed by atoms with Crippen molar-refractivity contribution in [1.82, 2.24) is 0 Å². The average molecular weight is 396 g/mol. The molecule has 0 spiro atoms. The highest BCUT2D eigenvalue weighted by Crippen LogP contribution is 2.23. The number of ketones is 1. The van der Waals surface area contributed by atoms with E-state index >= 15 is 0 Å². The Kier molecular flexibility index (Phi) is 7.17. The lowest BCUT2D eigenvalue weighted by molar-refractivity contribution is -0.153. The number of methoxy groups -OCH3 is 1. The van der Waals surface area contributed by atoms with Crippen molar-refractivity contribution in [2.45, 2.75) is 25.9 Å². The third kappa shape index (κ3) is 5.86. The molecule has 0 aliphatic carbocycles. The largest absolute Gasteiger partial charge is 0.497 e. The number of ether oxygens (including phenoxy) is 2. The lowest BCUT2D eigenvalue weighted by atomic mass is 10.2. The number of esters is 1. The number of anilines is 1. The smallest absolute Gasteiger partial charge is 0.307 e. The fourth-order valence-electron chi connectivity index (χ4n) is 2.06. The lowest BCUT2D eigenvalue weighted by Crippen LogP contribution is -2.30. The van der Waals surface area contributed by atoms with Gasteiger partial charge in [0.2, 0.25) is 0 Å². The second-order valence-electron chi connectivity index (χ2n) is 5.38. The van der Waals surface area contributed by atoms with Gasteiger partial charge in [-0.25, -0.2) is 0 Å². The Bertz CT molecular complexity index is 804. The zero-order valence-corrected chi connectivity index (χ0v) is 15.9. The predicted octanol–water partition coefficient (Wildman–Crippen LogP) is 3.94. The van der Waals surface area contributed by atoms with Crippen molar-refractivity contribution >= 4 is 46.3 Å². The van der Waals surface area contributed by atoms with Crippen molar-refractivity contribution in [2.24, 2.45) is 0 Å². The van der Waals surface area contributed by atoms with Gasteiger partial charge in [0.15, 0.2) is 11.9 Å². The van der Waals surface area contributed by atoms with Crippen molar-refractivity contribution in [1.29, 1.82) is 0 Å². The maximum absolute atomic E-state index is 12.1. The average Bonchev–Trinajstić information content (AvgIpc) is 3.06. The van der Waals surface area contributed by atoms with Crippen molar-refractivity contribution in [3.05, 3.63) is 45.6 Å². The zero-order valence-electron chi connectivity index (χ0n) is 14.3. The summed E-state index contributed by atoms with van der Waals surface area (Å²) in [6.45, 7) is 1.47. The van der Waals surface area contributed by atoms with E-state index in [0.717, 1.165) is 11.3 Å². The number of amides is 1. The Labute approximate surface area is 160 Å². The normalized spacial score (nSPS) is 11.5. The summed E-state index contributed by atoms with van der Waals surface area (Å²) >= 11 is 6.94. The molecule has 0 bridgehead atoms. The molecule has 0 unspecified atom stereocenters. The second-order valence-corrected chi connectivity index (χ2v) is 7.10. The summed E-state index contributed by atoms with van der Waals surface area (Å²) < 4.78 is 10.7. The summed E-state index contributed by atoms with van der Waals surface area (Å²) in [6, 6.07) is 10.1. The molecule has 8 heteroatoms. The van der Waals surface area contributed by atoms with Crippen LogP contribution in [0.25, 0.3) is 0 Å². The van der Waals surface area contributed by atoms with Gasteiger partial charge >= 0.3 is 5.97 Å². The van der Waals surface area contributed by atoms with E-state index in [9.17, 15) is 14.4 Å². The van der Waals surface area contributed by atoms with Crippen LogP contribution in [0.1, 0.15) is 29.4 Å². The van der Waals surface area contributed by atoms with Gasteiger partial charge in [-0.05, 0) is 31.2 Å². The van der Waals surface area contributed by atoms with Crippen LogP contribution in [-0.4, -0.2) is 30.9 Å². The number of thiophene rings is 1. The number of Topliss-reactive ketones (excluding diaryl/α,β-unsaturated/α-hetero) is 1. The van der Waals surface area contributed by atoms with Gasteiger partial charge in [-0.2, -0.15) is 0 Å². The molecular formula is C18H18ClNO5S. The molecule has 6 nitrogen and oxygen atoms in total. The van der Waals surface area contributed by atoms with Gasteiger partial charge in [-0.3, -0.25) is 14.4 Å². The van der Waals surface area contributed by atoms with Gasteiger partial charge in [0.25, 0.3) is 5.91 Å². The minimum absolute atomic E-state index is 0.000100. The summed E-state index contributed by atoms with van der Waals surface area (Å²) in [7, 11) is 1.52. The molecule has 2 rings (SSSR count). The Morgan fingerprint density at radius 2 is 1.96 bits per heavy atom. The summed E-state index contributed by atoms with van der Waals surface area (Å²) in [5.74, 6) is -0.677. The first kappa shape index (κ1) is 19.9. The van der Waals surface area contributed by atoms with E-state index in [4.69, 9.17) is 21.1 Å². The monoisotopic (exact) mass is 395 g/mol. The number of carbonyl (C=O) groups is 3. The fraction of sp³-hybridized carbons (Fsp3) is 0.278. The molecule has 138 valence electrons. The van der Waals surface area contributed by atoms with Gasteiger partial charge in [-0.1, -0.05) is 17.7 Å². The molecule has 2 aromatic rings. The topological polar surface area (TPSA) is 81.7 Å². The Morgan fingerprint density at radius 3 is 2.62 bits per heavy atom. The molecule has 0 aliphatic heterocycles. The SMILES string of the molecule is COc1cccc(NC(=O)[C@@H](C)OC(=O)CCC(=O)c2ccc(Cl)s2)c1. The molecule has 0 saturated heterocycles. The van der Waals surface area contributed by atoms with Crippen molar-refractivity contribution in [3.8, 4) is 5.75 Å². The van der Waals surface area contributed by atoms with Gasteiger partial charge in [0, 0.05) is 18.2 Å². The number of rotatable bonds is 8. The van der Waals surface area contributed by atoms with Crippen LogP contribution in [0.5, 0.6) is 5.75 Å². The molecule has 0 aliphatic rings. The van der Waals surface area contributed by atoms with E-state index < -0.39 is 18.0 Å². The number of hydrogen-bond donors (Lipinski definition) is 1. The van der Waals surface area contributed by atoms with Crippen LogP contribution < -0.4 is 10.1 Å². The van der Waals surface area contributed by atoms with E-state index in [0.29, 0.717) is 20.7 Å². The quantitative estimate of drug-likeness (QED) is 0.540. The zero-order chi connectivity index (χ0) is 19.1. The highest BCUT2D eigenvalue weighted by Gasteiger charge is 2.19. The summed E-state index contributed by atoms with van der Waals surface area (Å²) in [6.07, 6.45) is -1.09. The van der Waals surface area contributed by atoms with Crippen LogP contribution in [-0.2, 0) is 14.3 Å². The highest BCUT2D eigenvalue weighted by atomic mass is 35.5. The van der Waals surface area contributed by atoms with Gasteiger partial charge in [0.1, 0.15) is 5.75 Å². The van der Waals surface area contributed by atoms with Gasteiger partial charge in [-0.15, -0.1) is 11.3 Å². The van der Waals surface area contributed by atoms with Crippen molar-refractivity contribution in [3.63, 3.8) is 0 Å². The van der Waals surface area contributed by atoms with Crippen LogP contribution in [0.2, 0.25) is 4.34 Å². The molecule has 0 radical (unpaired) electrons. The first-order valence-electron chi connectivity index (χ1n) is 7.82. The van der Waals surface area contributed by atoms with Crippen LogP contribution in [0.3, 0.4) is 0 Å². The Morgan fingerprint density at radius 1 is 1.19 bits per heavy atom. The van der Waals surface area contributed by atoms with Crippen LogP contribution in [0.4, 0.5) is 5.69 Å². The molecule has 1 aromatic heterocycles. The molecule has 1 heterocycles. The summed E-state index contributed by atoms with van der Waals surface area (Å²) in [4.78, 5) is 36.4. The van der Waals surface area contributed by atoms with E-state index in [1.54, 1.807) is 36.4 Å². The second kappa shape index (κ2) is 9.35. The first-order valence-corrected chi connectivity index (χ1v) is 9.01. The van der Waals surface area contributed by atoms with E-state index in [1.807, 2.05) is 0 Å². The van der Waals surface area contributed by atoms with Crippen LogP contribution in [0.15, 0.2) is 36.4 Å². The van der Waals surface area contributed by atoms with Crippen LogP contribution in [0, 0.1) is 0 Å². The fourth-order valence-corrected chi connectivity index (χ4v) is 3.07. The maximum atomic E-state index is 12.1. The molecule has 1 aromatic carbocycles. The molecule has 1 amide bonds.